The van der Waals surface area contributed by atoms with Crippen LogP contribution in [0.2, 0.25) is 0 Å². The summed E-state index contributed by atoms with van der Waals surface area (Å²) in [6.45, 7) is 20.2. The van der Waals surface area contributed by atoms with Gasteiger partial charge in [0.2, 0.25) is 5.91 Å². The van der Waals surface area contributed by atoms with Crippen LogP contribution in [0, 0.1) is 50.2 Å². The van der Waals surface area contributed by atoms with E-state index in [-0.39, 0.29) is 56.3 Å². The third-order valence-electron chi connectivity index (χ3n) is 14.9. The van der Waals surface area contributed by atoms with E-state index in [2.05, 4.69) is 72.0 Å². The number of nitrogens with one attached hydrogen (secondary N) is 1. The molecule has 1 N–H and O–H groups in total. The van der Waals surface area contributed by atoms with E-state index in [0.29, 0.717) is 24.8 Å². The quantitative estimate of drug-likeness (QED) is 0.256. The Morgan fingerprint density at radius 2 is 1.47 bits per heavy atom. The van der Waals surface area contributed by atoms with Crippen molar-refractivity contribution in [1.29, 1.82) is 0 Å². The Morgan fingerprint density at radius 3 is 2.13 bits per heavy atom. The zero-order valence-electron chi connectivity index (χ0n) is 30.5. The van der Waals surface area contributed by atoms with Crippen LogP contribution in [0.15, 0.2) is 42.0 Å². The summed E-state index contributed by atoms with van der Waals surface area (Å²) >= 11 is 0. The lowest BCUT2D eigenvalue weighted by atomic mass is 9.33. The van der Waals surface area contributed by atoms with Gasteiger partial charge in [-0.05, 0) is 103 Å². The lowest BCUT2D eigenvalue weighted by molar-refractivity contribution is -0.243. The lowest BCUT2D eigenvalue weighted by Crippen LogP contribution is -2.68. The first-order valence-corrected chi connectivity index (χ1v) is 18.3. The molecule has 1 aromatic carbocycles. The first-order valence-electron chi connectivity index (χ1n) is 18.3. The predicted octanol–water partition coefficient (Wildman–Crippen LogP) is 8.58. The number of amides is 1. The second kappa shape index (κ2) is 11.5. The fraction of sp³-hybridized carbons (Fsp3) is 0.732. The zero-order valence-corrected chi connectivity index (χ0v) is 30.5. The van der Waals surface area contributed by atoms with E-state index in [0.717, 1.165) is 56.9 Å². The molecule has 0 saturated heterocycles. The van der Waals surface area contributed by atoms with E-state index in [1.807, 2.05) is 18.2 Å². The van der Waals surface area contributed by atoms with Crippen LogP contribution in [0.4, 0.5) is 0 Å². The molecule has 0 bridgehead atoms. The van der Waals surface area contributed by atoms with Crippen molar-refractivity contribution in [1.82, 2.24) is 5.32 Å². The summed E-state index contributed by atoms with van der Waals surface area (Å²) in [6, 6.07) is 10.3. The number of hydrogen-bond donors (Lipinski definition) is 1. The molecule has 4 saturated carbocycles. The molecule has 6 heteroatoms. The Morgan fingerprint density at radius 1 is 0.809 bits per heavy atom. The van der Waals surface area contributed by atoms with Gasteiger partial charge in [-0.3, -0.25) is 14.4 Å². The molecular weight excluding hydrogens is 586 g/mol. The van der Waals surface area contributed by atoms with Crippen molar-refractivity contribution in [3.63, 3.8) is 0 Å². The van der Waals surface area contributed by atoms with E-state index in [1.54, 1.807) is 0 Å². The van der Waals surface area contributed by atoms with Crippen molar-refractivity contribution < 1.29 is 23.9 Å². The van der Waals surface area contributed by atoms with Crippen LogP contribution in [0.25, 0.3) is 0 Å². The molecule has 0 radical (unpaired) electrons. The van der Waals surface area contributed by atoms with Gasteiger partial charge in [-0.25, -0.2) is 0 Å². The van der Waals surface area contributed by atoms with Crippen molar-refractivity contribution in [2.45, 2.75) is 139 Å². The summed E-state index contributed by atoms with van der Waals surface area (Å²) in [6.07, 6.45) is 10.4. The number of benzene rings is 1. The monoisotopic (exact) mass is 645 g/mol. The maximum atomic E-state index is 14.4. The van der Waals surface area contributed by atoms with Gasteiger partial charge in [0.25, 0.3) is 0 Å². The maximum absolute atomic E-state index is 14.4. The highest BCUT2D eigenvalue weighted by Gasteiger charge is 2.70. The summed E-state index contributed by atoms with van der Waals surface area (Å²) in [5.41, 5.74) is 2.04. The standard InChI is InChI=1S/C41H59NO5/c1-26(43)46-31-24-38(7)32(37(5,6)34(31)47-27(2)44)17-18-40(9)33(38)16-15-29-30-23-36(3,4)19-21-41(30,22-20-39(29,40)8)35(45)42-25-28-13-11-10-12-14-28/h10-15,30-34H,16-25H2,1-9H3,(H,42,45)/t30-,31+,32-,33+,34+,38-,39+,40+,41-/m0/s1. The summed E-state index contributed by atoms with van der Waals surface area (Å²) in [4.78, 5) is 39.1. The zero-order chi connectivity index (χ0) is 34.2. The smallest absolute Gasteiger partial charge is 0.303 e. The topological polar surface area (TPSA) is 81.7 Å². The molecule has 9 atom stereocenters. The van der Waals surface area contributed by atoms with Crippen LogP contribution >= 0.6 is 0 Å². The third-order valence-corrected chi connectivity index (χ3v) is 14.9. The predicted molar refractivity (Wildman–Crippen MR) is 184 cm³/mol. The van der Waals surface area contributed by atoms with E-state index >= 15 is 0 Å². The highest BCUT2D eigenvalue weighted by Crippen LogP contribution is 2.76. The molecule has 5 aliphatic rings. The molecule has 1 aromatic rings. The molecule has 6 nitrogen and oxygen atoms in total. The molecule has 0 spiro atoms. The number of esters is 2. The third kappa shape index (κ3) is 5.30. The molecule has 47 heavy (non-hydrogen) atoms. The minimum Gasteiger partial charge on any atom is -0.459 e. The highest BCUT2D eigenvalue weighted by molar-refractivity contribution is 5.84. The largest absolute Gasteiger partial charge is 0.459 e. The van der Waals surface area contributed by atoms with Gasteiger partial charge in [-0.1, -0.05) is 90.4 Å². The molecule has 1 amide bonds. The Kier molecular flexibility index (Phi) is 8.36. The number of hydrogen-bond acceptors (Lipinski definition) is 5. The van der Waals surface area contributed by atoms with Gasteiger partial charge in [0, 0.05) is 25.8 Å². The molecule has 258 valence electrons. The molecule has 4 fully saturated rings. The molecule has 0 aliphatic heterocycles. The average Bonchev–Trinajstić information content (AvgIpc) is 2.98. The van der Waals surface area contributed by atoms with E-state index < -0.39 is 12.2 Å². The van der Waals surface area contributed by atoms with Gasteiger partial charge in [0.1, 0.15) is 12.2 Å². The van der Waals surface area contributed by atoms with Crippen LogP contribution in [-0.4, -0.2) is 30.1 Å². The minimum atomic E-state index is -0.473. The number of allylic oxidation sites excluding steroid dienone is 2. The van der Waals surface area contributed by atoms with Crippen molar-refractivity contribution in [2.24, 2.45) is 50.2 Å². The molecule has 6 rings (SSSR count). The molecule has 5 aliphatic carbocycles. The van der Waals surface area contributed by atoms with Crippen molar-refractivity contribution in [3.05, 3.63) is 47.5 Å². The summed E-state index contributed by atoms with van der Waals surface area (Å²) in [5, 5.41) is 3.41. The fourth-order valence-electron chi connectivity index (χ4n) is 12.4. The highest BCUT2D eigenvalue weighted by atomic mass is 16.6. The van der Waals surface area contributed by atoms with Gasteiger partial charge >= 0.3 is 11.9 Å². The van der Waals surface area contributed by atoms with E-state index in [1.165, 1.54) is 19.4 Å². The van der Waals surface area contributed by atoms with Crippen molar-refractivity contribution in [3.8, 4) is 0 Å². The first-order chi connectivity index (χ1) is 21.9. The number of carbonyl (C=O) groups excluding carboxylic acids is 3. The number of fused-ring (bicyclic) bond motifs is 7. The molecule has 0 aromatic heterocycles. The number of rotatable bonds is 5. The van der Waals surface area contributed by atoms with Gasteiger partial charge < -0.3 is 14.8 Å². The van der Waals surface area contributed by atoms with Crippen LogP contribution in [-0.2, 0) is 30.4 Å². The summed E-state index contributed by atoms with van der Waals surface area (Å²) in [7, 11) is 0. The first kappa shape index (κ1) is 34.2. The van der Waals surface area contributed by atoms with Crippen LogP contribution in [0.3, 0.4) is 0 Å². The average molecular weight is 646 g/mol. The maximum Gasteiger partial charge on any atom is 0.303 e. The van der Waals surface area contributed by atoms with Crippen LogP contribution < -0.4 is 5.32 Å². The normalized spacial score (nSPS) is 41.5. The number of carbonyl (C=O) groups is 3. The summed E-state index contributed by atoms with van der Waals surface area (Å²) in [5.74, 6) is 0.528. The SMILES string of the molecule is CC(=O)O[C@@H]1[C@H](OC(C)=O)C[C@]2(C)[C@H]3CC=C4[C@@H]5CC(C)(C)CC[C@]5(C(=O)NCc5ccccc5)CC[C@@]4(C)[C@]3(C)CC[C@H]2C1(C)C. The summed E-state index contributed by atoms with van der Waals surface area (Å²) < 4.78 is 12.0. The van der Waals surface area contributed by atoms with Gasteiger partial charge in [0.15, 0.2) is 0 Å². The Labute approximate surface area is 283 Å². The fourth-order valence-corrected chi connectivity index (χ4v) is 12.4. The van der Waals surface area contributed by atoms with E-state index in [4.69, 9.17) is 9.47 Å². The lowest BCUT2D eigenvalue weighted by Gasteiger charge is -2.71. The van der Waals surface area contributed by atoms with Gasteiger partial charge in [-0.2, -0.15) is 0 Å². The molecule has 0 unspecified atom stereocenters. The van der Waals surface area contributed by atoms with E-state index in [9.17, 15) is 14.4 Å². The Hall–Kier alpha value is -2.63. The second-order valence-corrected chi connectivity index (χ2v) is 18.2. The van der Waals surface area contributed by atoms with Gasteiger partial charge in [0.05, 0.1) is 5.41 Å². The number of ether oxygens (including phenoxy) is 2. The Bertz CT molecular complexity index is 1450. The minimum absolute atomic E-state index is 0.0288. The van der Waals surface area contributed by atoms with Crippen LogP contribution in [0.5, 0.6) is 0 Å². The molecule has 0 heterocycles. The second-order valence-electron chi connectivity index (χ2n) is 18.2. The Balaban J connectivity index is 1.37. The van der Waals surface area contributed by atoms with Gasteiger partial charge in [-0.15, -0.1) is 0 Å². The molecular formula is C41H59NO5. The van der Waals surface area contributed by atoms with Crippen molar-refractivity contribution >= 4 is 17.8 Å². The van der Waals surface area contributed by atoms with Crippen LogP contribution in [0.1, 0.15) is 126 Å². The van der Waals surface area contributed by atoms with Crippen molar-refractivity contribution in [2.75, 3.05) is 0 Å².